The van der Waals surface area contributed by atoms with Crippen LogP contribution >= 0.6 is 23.2 Å². The highest BCUT2D eigenvalue weighted by atomic mass is 35.5. The monoisotopic (exact) mass is 397 g/mol. The minimum Gasteiger partial charge on any atom is -0.497 e. The molecule has 1 unspecified atom stereocenters. The van der Waals surface area contributed by atoms with Gasteiger partial charge in [-0.1, -0.05) is 35.3 Å². The lowest BCUT2D eigenvalue weighted by atomic mass is 10.2. The minimum atomic E-state index is -0.571. The molecule has 2 N–H and O–H groups in total. The van der Waals surface area contributed by atoms with Gasteiger partial charge in [-0.2, -0.15) is 0 Å². The Hall–Kier alpha value is -2.02. The van der Waals surface area contributed by atoms with Crippen LogP contribution < -0.4 is 15.4 Å². The maximum Gasteiger partial charge on any atom is 0.248 e. The highest BCUT2D eigenvalue weighted by molar-refractivity contribution is 6.35. The van der Waals surface area contributed by atoms with Crippen molar-refractivity contribution in [2.24, 2.45) is 0 Å². The van der Waals surface area contributed by atoms with Crippen LogP contribution in [-0.4, -0.2) is 37.2 Å². The fraction of sp³-hybridized carbons (Fsp3) is 0.333. The molecule has 0 aliphatic heterocycles. The van der Waals surface area contributed by atoms with Crippen LogP contribution in [0.1, 0.15) is 12.5 Å². The Bertz CT molecular complexity index is 743. The number of ether oxygens (including phenoxy) is 2. The van der Waals surface area contributed by atoms with Crippen LogP contribution in [0.2, 0.25) is 10.0 Å². The number of amides is 1. The van der Waals surface area contributed by atoms with Gasteiger partial charge in [-0.15, -0.1) is 0 Å². The minimum absolute atomic E-state index is 0.190. The molecule has 1 aromatic carbocycles. The van der Waals surface area contributed by atoms with Gasteiger partial charge < -0.3 is 20.1 Å². The number of rotatable bonds is 9. The van der Waals surface area contributed by atoms with Crippen molar-refractivity contribution in [3.8, 4) is 5.75 Å². The highest BCUT2D eigenvalue weighted by Crippen LogP contribution is 2.22. The number of hydrogen-bond acceptors (Lipinski definition) is 5. The number of carbonyl (C=O) groups is 1. The number of halogens is 2. The van der Waals surface area contributed by atoms with E-state index >= 15 is 0 Å². The Morgan fingerprint density at radius 3 is 2.81 bits per heavy atom. The van der Waals surface area contributed by atoms with E-state index in [1.807, 2.05) is 24.3 Å². The molecule has 6 nitrogen and oxygen atoms in total. The Labute approximate surface area is 162 Å². The first-order valence-corrected chi connectivity index (χ1v) is 8.82. The highest BCUT2D eigenvalue weighted by Gasteiger charge is 2.13. The second-order valence-electron chi connectivity index (χ2n) is 5.51. The number of aromatic nitrogens is 1. The fourth-order valence-electron chi connectivity index (χ4n) is 2.11. The number of benzene rings is 1. The molecule has 0 spiro atoms. The second kappa shape index (κ2) is 10.2. The van der Waals surface area contributed by atoms with Crippen molar-refractivity contribution >= 4 is 34.9 Å². The van der Waals surface area contributed by atoms with Crippen LogP contribution in [0.25, 0.3) is 0 Å². The van der Waals surface area contributed by atoms with Gasteiger partial charge in [0.2, 0.25) is 5.91 Å². The quantitative estimate of drug-likeness (QED) is 0.633. The summed E-state index contributed by atoms with van der Waals surface area (Å²) in [6, 6.07) is 9.13. The second-order valence-corrected chi connectivity index (χ2v) is 6.35. The smallest absolute Gasteiger partial charge is 0.248 e. The first kappa shape index (κ1) is 20.3. The molecule has 8 heteroatoms. The van der Waals surface area contributed by atoms with Crippen molar-refractivity contribution in [2.75, 3.05) is 25.5 Å². The van der Waals surface area contributed by atoms with Crippen LogP contribution in [0.15, 0.2) is 36.5 Å². The molecule has 0 bridgehead atoms. The van der Waals surface area contributed by atoms with Crippen molar-refractivity contribution in [1.82, 2.24) is 10.3 Å². The number of nitrogens with zero attached hydrogens (tertiary/aromatic N) is 1. The summed E-state index contributed by atoms with van der Waals surface area (Å²) >= 11 is 11.8. The standard InChI is InChI=1S/C18H21Cl2N3O3/c1-12(26-11-13-4-3-5-15(8-13)25-2)18(24)22-7-6-21-17-16(20)9-14(19)10-23-17/h3-5,8-10,12H,6-7,11H2,1-2H3,(H,21,23)(H,22,24). The third-order valence-corrected chi connectivity index (χ3v) is 4.02. The van der Waals surface area contributed by atoms with Gasteiger partial charge in [0.1, 0.15) is 17.7 Å². The summed E-state index contributed by atoms with van der Waals surface area (Å²) in [5, 5.41) is 6.73. The fourth-order valence-corrected chi connectivity index (χ4v) is 2.56. The summed E-state index contributed by atoms with van der Waals surface area (Å²) in [5.74, 6) is 1.08. The average Bonchev–Trinajstić information content (AvgIpc) is 2.64. The van der Waals surface area contributed by atoms with E-state index in [2.05, 4.69) is 15.6 Å². The van der Waals surface area contributed by atoms with Gasteiger partial charge in [-0.25, -0.2) is 4.98 Å². The largest absolute Gasteiger partial charge is 0.497 e. The van der Waals surface area contributed by atoms with Gasteiger partial charge in [0.15, 0.2) is 0 Å². The van der Waals surface area contributed by atoms with E-state index in [1.165, 1.54) is 6.20 Å². The Morgan fingerprint density at radius 2 is 2.08 bits per heavy atom. The Kier molecular flexibility index (Phi) is 7.97. The number of methoxy groups -OCH3 is 1. The topological polar surface area (TPSA) is 72.5 Å². The zero-order chi connectivity index (χ0) is 18.9. The molecule has 0 aliphatic rings. The molecule has 2 aromatic rings. The van der Waals surface area contributed by atoms with Crippen molar-refractivity contribution in [3.63, 3.8) is 0 Å². The molecule has 0 saturated carbocycles. The summed E-state index contributed by atoms with van der Waals surface area (Å²) in [5.41, 5.74) is 0.939. The molecular weight excluding hydrogens is 377 g/mol. The SMILES string of the molecule is COc1cccc(COC(C)C(=O)NCCNc2ncc(Cl)cc2Cl)c1. The van der Waals surface area contributed by atoms with E-state index in [9.17, 15) is 4.79 Å². The number of pyridine rings is 1. The molecule has 1 aromatic heterocycles. The molecule has 0 fully saturated rings. The lowest BCUT2D eigenvalue weighted by molar-refractivity contribution is -0.132. The van der Waals surface area contributed by atoms with Gasteiger partial charge in [-0.05, 0) is 30.7 Å². The molecule has 0 saturated heterocycles. The first-order valence-electron chi connectivity index (χ1n) is 8.06. The molecule has 1 heterocycles. The maximum absolute atomic E-state index is 12.1. The predicted molar refractivity (Wildman–Crippen MR) is 103 cm³/mol. The molecule has 1 atom stereocenters. The van der Waals surface area contributed by atoms with Crippen LogP contribution in [0.3, 0.4) is 0 Å². The molecule has 0 radical (unpaired) electrons. The predicted octanol–water partition coefficient (Wildman–Crippen LogP) is 3.53. The molecule has 1 amide bonds. The van der Waals surface area contributed by atoms with E-state index in [-0.39, 0.29) is 5.91 Å². The lowest BCUT2D eigenvalue weighted by Crippen LogP contribution is -2.37. The Balaban J connectivity index is 1.69. The van der Waals surface area contributed by atoms with Crippen molar-refractivity contribution < 1.29 is 14.3 Å². The van der Waals surface area contributed by atoms with Gasteiger partial charge in [0.25, 0.3) is 0 Å². The number of carbonyl (C=O) groups excluding carboxylic acids is 1. The summed E-state index contributed by atoms with van der Waals surface area (Å²) in [6.07, 6.45) is 0.932. The molecule has 140 valence electrons. The van der Waals surface area contributed by atoms with Gasteiger partial charge in [0.05, 0.1) is 23.8 Å². The first-order chi connectivity index (χ1) is 12.5. The van der Waals surface area contributed by atoms with Crippen LogP contribution in [0, 0.1) is 0 Å². The molecule has 26 heavy (non-hydrogen) atoms. The van der Waals surface area contributed by atoms with E-state index in [0.717, 1.165) is 11.3 Å². The van der Waals surface area contributed by atoms with Crippen molar-refractivity contribution in [3.05, 3.63) is 52.1 Å². The van der Waals surface area contributed by atoms with Crippen LogP contribution in [-0.2, 0) is 16.1 Å². The van der Waals surface area contributed by atoms with Crippen molar-refractivity contribution in [1.29, 1.82) is 0 Å². The zero-order valence-electron chi connectivity index (χ0n) is 14.6. The van der Waals surface area contributed by atoms with E-state index in [0.29, 0.717) is 35.6 Å². The van der Waals surface area contributed by atoms with Crippen LogP contribution in [0.4, 0.5) is 5.82 Å². The van der Waals surface area contributed by atoms with Crippen LogP contribution in [0.5, 0.6) is 5.75 Å². The molecule has 0 aliphatic carbocycles. The normalized spacial score (nSPS) is 11.7. The Morgan fingerprint density at radius 1 is 1.27 bits per heavy atom. The van der Waals surface area contributed by atoms with Gasteiger partial charge >= 0.3 is 0 Å². The third kappa shape index (κ3) is 6.37. The summed E-state index contributed by atoms with van der Waals surface area (Å²) < 4.78 is 10.8. The lowest BCUT2D eigenvalue weighted by Gasteiger charge is -2.14. The summed E-state index contributed by atoms with van der Waals surface area (Å²) in [7, 11) is 1.61. The summed E-state index contributed by atoms with van der Waals surface area (Å²) in [6.45, 7) is 2.92. The van der Waals surface area contributed by atoms with Crippen molar-refractivity contribution in [2.45, 2.75) is 19.6 Å². The third-order valence-electron chi connectivity index (χ3n) is 3.53. The number of hydrogen-bond donors (Lipinski definition) is 2. The average molecular weight is 398 g/mol. The number of anilines is 1. The zero-order valence-corrected chi connectivity index (χ0v) is 16.1. The van der Waals surface area contributed by atoms with Gasteiger partial charge in [-0.3, -0.25) is 4.79 Å². The van der Waals surface area contributed by atoms with Gasteiger partial charge in [0, 0.05) is 19.3 Å². The number of nitrogens with one attached hydrogen (secondary N) is 2. The van der Waals surface area contributed by atoms with E-state index < -0.39 is 6.10 Å². The maximum atomic E-state index is 12.1. The summed E-state index contributed by atoms with van der Waals surface area (Å²) in [4.78, 5) is 16.1. The molecule has 2 rings (SSSR count). The molecular formula is C18H21Cl2N3O3. The van der Waals surface area contributed by atoms with E-state index in [4.69, 9.17) is 32.7 Å². The van der Waals surface area contributed by atoms with E-state index in [1.54, 1.807) is 20.1 Å².